The number of ketones is 1. The molecule has 2 rings (SSSR count). The first-order valence-corrected chi connectivity index (χ1v) is 7.40. The van der Waals surface area contributed by atoms with Gasteiger partial charge in [-0.1, -0.05) is 68.4 Å². The summed E-state index contributed by atoms with van der Waals surface area (Å²) in [5.41, 5.74) is 2.37. The van der Waals surface area contributed by atoms with Gasteiger partial charge in [-0.25, -0.2) is 0 Å². The van der Waals surface area contributed by atoms with E-state index in [2.05, 4.69) is 13.8 Å². The molecule has 0 spiro atoms. The van der Waals surface area contributed by atoms with Gasteiger partial charge in [0.25, 0.3) is 0 Å². The van der Waals surface area contributed by atoms with Gasteiger partial charge in [-0.05, 0) is 17.0 Å². The molecule has 0 saturated carbocycles. The van der Waals surface area contributed by atoms with Crippen molar-refractivity contribution in [1.29, 1.82) is 0 Å². The quantitative estimate of drug-likeness (QED) is 0.811. The second-order valence-electron chi connectivity index (χ2n) is 5.71. The molecule has 1 unspecified atom stereocenters. The Morgan fingerprint density at radius 2 is 1.45 bits per heavy atom. The molecule has 3 nitrogen and oxygen atoms in total. The number of Topliss-reactive ketones (excluding diaryl/α,β-unsaturated/α-hetero) is 1. The summed E-state index contributed by atoms with van der Waals surface area (Å²) in [6.07, 6.45) is -0.0274. The number of aliphatic carboxylic acids is 1. The van der Waals surface area contributed by atoms with Crippen molar-refractivity contribution in [3.05, 3.63) is 71.3 Å². The van der Waals surface area contributed by atoms with Crippen LogP contribution in [0.4, 0.5) is 0 Å². The fourth-order valence-electron chi connectivity index (χ4n) is 2.39. The highest BCUT2D eigenvalue weighted by Gasteiger charge is 2.23. The van der Waals surface area contributed by atoms with Crippen LogP contribution in [0, 0.1) is 0 Å². The van der Waals surface area contributed by atoms with Crippen LogP contribution in [0.15, 0.2) is 54.6 Å². The van der Waals surface area contributed by atoms with Crippen molar-refractivity contribution >= 4 is 11.8 Å². The Morgan fingerprint density at radius 3 is 1.95 bits per heavy atom. The molecule has 0 aromatic heterocycles. The van der Waals surface area contributed by atoms with E-state index in [1.165, 1.54) is 0 Å². The number of benzene rings is 2. The molecule has 1 N–H and O–H groups in total. The maximum atomic E-state index is 12.2. The summed E-state index contributed by atoms with van der Waals surface area (Å²) in [6.45, 7) is 4.17. The predicted molar refractivity (Wildman–Crippen MR) is 86.3 cm³/mol. The number of carbonyl (C=O) groups is 2. The molecule has 114 valence electrons. The zero-order chi connectivity index (χ0) is 16.1. The normalized spacial score (nSPS) is 12.1. The summed E-state index contributed by atoms with van der Waals surface area (Å²) in [6, 6.07) is 16.3. The van der Waals surface area contributed by atoms with Crippen LogP contribution in [0.5, 0.6) is 0 Å². The Hall–Kier alpha value is -2.42. The molecule has 2 aromatic carbocycles. The molecule has 0 fully saturated rings. The van der Waals surface area contributed by atoms with Gasteiger partial charge in [0.05, 0.1) is 5.92 Å². The summed E-state index contributed by atoms with van der Waals surface area (Å²) < 4.78 is 0. The molecule has 0 saturated heterocycles. The van der Waals surface area contributed by atoms with Gasteiger partial charge < -0.3 is 5.11 Å². The zero-order valence-electron chi connectivity index (χ0n) is 12.8. The fourth-order valence-corrected chi connectivity index (χ4v) is 2.39. The van der Waals surface area contributed by atoms with Gasteiger partial charge in [0.2, 0.25) is 0 Å². The maximum Gasteiger partial charge on any atom is 0.311 e. The van der Waals surface area contributed by atoms with Crippen molar-refractivity contribution in [2.75, 3.05) is 0 Å². The number of carboxylic acids is 1. The van der Waals surface area contributed by atoms with E-state index in [4.69, 9.17) is 0 Å². The molecule has 2 aromatic rings. The van der Waals surface area contributed by atoms with E-state index in [9.17, 15) is 14.7 Å². The molecule has 0 aliphatic heterocycles. The minimum absolute atomic E-state index is 0.0274. The molecule has 3 heteroatoms. The van der Waals surface area contributed by atoms with Gasteiger partial charge in [-0.15, -0.1) is 0 Å². The Labute approximate surface area is 130 Å². The second kappa shape index (κ2) is 7.03. The lowest BCUT2D eigenvalue weighted by molar-refractivity contribution is -0.138. The highest BCUT2D eigenvalue weighted by molar-refractivity contribution is 5.99. The van der Waals surface area contributed by atoms with E-state index in [1.807, 2.05) is 30.3 Å². The molecule has 0 bridgehead atoms. The molecule has 1 atom stereocenters. The van der Waals surface area contributed by atoms with E-state index >= 15 is 0 Å². The Balaban J connectivity index is 2.20. The van der Waals surface area contributed by atoms with Gasteiger partial charge in [-0.2, -0.15) is 0 Å². The van der Waals surface area contributed by atoms with Crippen LogP contribution in [0.2, 0.25) is 0 Å². The van der Waals surface area contributed by atoms with E-state index in [0.717, 1.165) is 5.56 Å². The standard InChI is InChI=1S/C19H20O3/c1-13(2)14-8-10-15(11-9-14)17(19(21)22)12-18(20)16-6-4-3-5-7-16/h3-11,13,17H,12H2,1-2H3,(H,21,22). The average Bonchev–Trinajstić information content (AvgIpc) is 2.53. The van der Waals surface area contributed by atoms with Crippen LogP contribution in [-0.2, 0) is 4.79 Å². The van der Waals surface area contributed by atoms with E-state index < -0.39 is 11.9 Å². The molecule has 0 heterocycles. The molecular formula is C19H20O3. The van der Waals surface area contributed by atoms with Crippen LogP contribution in [0.25, 0.3) is 0 Å². The third kappa shape index (κ3) is 3.82. The van der Waals surface area contributed by atoms with Crippen molar-refractivity contribution in [1.82, 2.24) is 0 Å². The van der Waals surface area contributed by atoms with Gasteiger partial charge in [-0.3, -0.25) is 9.59 Å². The van der Waals surface area contributed by atoms with Crippen LogP contribution >= 0.6 is 0 Å². The molecule has 0 aliphatic carbocycles. The summed E-state index contributed by atoms with van der Waals surface area (Å²) in [7, 11) is 0. The van der Waals surface area contributed by atoms with Crippen molar-refractivity contribution < 1.29 is 14.7 Å². The Bertz CT molecular complexity index is 642. The maximum absolute atomic E-state index is 12.2. The fraction of sp³-hybridized carbons (Fsp3) is 0.263. The zero-order valence-corrected chi connectivity index (χ0v) is 12.8. The number of hydrogen-bond acceptors (Lipinski definition) is 2. The molecule has 0 aliphatic rings. The van der Waals surface area contributed by atoms with Crippen LogP contribution in [-0.4, -0.2) is 16.9 Å². The summed E-state index contributed by atoms with van der Waals surface area (Å²) in [5.74, 6) is -1.54. The Kier molecular flexibility index (Phi) is 5.10. The smallest absolute Gasteiger partial charge is 0.311 e. The minimum atomic E-state index is -0.971. The SMILES string of the molecule is CC(C)c1ccc(C(CC(=O)c2ccccc2)C(=O)O)cc1. The van der Waals surface area contributed by atoms with Crippen molar-refractivity contribution in [2.24, 2.45) is 0 Å². The lowest BCUT2D eigenvalue weighted by atomic mass is 9.90. The molecule has 0 amide bonds. The van der Waals surface area contributed by atoms with E-state index in [1.54, 1.807) is 24.3 Å². The van der Waals surface area contributed by atoms with E-state index in [-0.39, 0.29) is 12.2 Å². The van der Waals surface area contributed by atoms with Gasteiger partial charge in [0.1, 0.15) is 0 Å². The van der Waals surface area contributed by atoms with Crippen molar-refractivity contribution in [3.8, 4) is 0 Å². The lowest BCUT2D eigenvalue weighted by Gasteiger charge is -2.13. The Morgan fingerprint density at radius 1 is 0.909 bits per heavy atom. The largest absolute Gasteiger partial charge is 0.481 e. The molecule has 22 heavy (non-hydrogen) atoms. The summed E-state index contributed by atoms with van der Waals surface area (Å²) >= 11 is 0. The lowest BCUT2D eigenvalue weighted by Crippen LogP contribution is -2.16. The third-order valence-electron chi connectivity index (χ3n) is 3.79. The van der Waals surface area contributed by atoms with E-state index in [0.29, 0.717) is 17.0 Å². The van der Waals surface area contributed by atoms with Gasteiger partial charge >= 0.3 is 5.97 Å². The number of carboxylic acid groups (broad SMARTS) is 1. The van der Waals surface area contributed by atoms with Crippen molar-refractivity contribution in [3.63, 3.8) is 0 Å². The third-order valence-corrected chi connectivity index (χ3v) is 3.79. The van der Waals surface area contributed by atoms with Gasteiger partial charge in [0.15, 0.2) is 5.78 Å². The minimum Gasteiger partial charge on any atom is -0.481 e. The number of carbonyl (C=O) groups excluding carboxylic acids is 1. The topological polar surface area (TPSA) is 54.4 Å². The highest BCUT2D eigenvalue weighted by Crippen LogP contribution is 2.24. The van der Waals surface area contributed by atoms with Gasteiger partial charge in [0, 0.05) is 12.0 Å². The first-order valence-electron chi connectivity index (χ1n) is 7.40. The monoisotopic (exact) mass is 296 g/mol. The number of hydrogen-bond donors (Lipinski definition) is 1. The average molecular weight is 296 g/mol. The van der Waals surface area contributed by atoms with Crippen molar-refractivity contribution in [2.45, 2.75) is 32.1 Å². The first-order chi connectivity index (χ1) is 10.5. The second-order valence-corrected chi connectivity index (χ2v) is 5.71. The summed E-state index contributed by atoms with van der Waals surface area (Å²) in [4.78, 5) is 23.8. The van der Waals surface area contributed by atoms with Crippen LogP contribution in [0.1, 0.15) is 53.6 Å². The van der Waals surface area contributed by atoms with Crippen LogP contribution in [0.3, 0.4) is 0 Å². The predicted octanol–water partition coefficient (Wildman–Crippen LogP) is 4.25. The van der Waals surface area contributed by atoms with Crippen LogP contribution < -0.4 is 0 Å². The first kappa shape index (κ1) is 16.0. The summed E-state index contributed by atoms with van der Waals surface area (Å²) in [5, 5.41) is 9.45. The molecular weight excluding hydrogens is 276 g/mol. The molecule has 0 radical (unpaired) electrons. The highest BCUT2D eigenvalue weighted by atomic mass is 16.4. The number of rotatable bonds is 6.